The quantitative estimate of drug-likeness (QED) is 0.426. The highest BCUT2D eigenvalue weighted by molar-refractivity contribution is 5.18. The second-order valence-corrected chi connectivity index (χ2v) is 1.46. The molecule has 0 amide bonds. The van der Waals surface area contributed by atoms with E-state index >= 15 is 0 Å². The lowest BCUT2D eigenvalue weighted by Gasteiger charge is -1.81. The Hall–Kier alpha value is -0.980. The van der Waals surface area contributed by atoms with Crippen LogP contribution in [0.25, 0.3) is 0 Å². The van der Waals surface area contributed by atoms with Crippen LogP contribution in [0.1, 0.15) is 6.92 Å². The first kappa shape index (κ1) is 7.02. The van der Waals surface area contributed by atoms with Crippen molar-refractivity contribution in [3.63, 3.8) is 0 Å². The van der Waals surface area contributed by atoms with Gasteiger partial charge in [0.2, 0.25) is 0 Å². The molecule has 0 aliphatic rings. The van der Waals surface area contributed by atoms with Gasteiger partial charge in [-0.15, -0.1) is 0 Å². The molecule has 0 radical (unpaired) electrons. The molecule has 0 aromatic carbocycles. The minimum Gasteiger partial charge on any atom is -0.516 e. The second-order valence-electron chi connectivity index (χ2n) is 1.46. The van der Waals surface area contributed by atoms with E-state index in [1.165, 1.54) is 0 Å². The van der Waals surface area contributed by atoms with Gasteiger partial charge < -0.3 is 5.11 Å². The van der Waals surface area contributed by atoms with E-state index in [2.05, 4.69) is 6.58 Å². The van der Waals surface area contributed by atoms with Crippen LogP contribution < -0.4 is 0 Å². The summed E-state index contributed by atoms with van der Waals surface area (Å²) in [4.78, 5) is 0. The van der Waals surface area contributed by atoms with Crippen molar-refractivity contribution < 1.29 is 5.11 Å². The number of aliphatic hydroxyl groups is 1. The Morgan fingerprint density at radius 1 is 1.62 bits per heavy atom. The average molecular weight is 110 g/mol. The maximum Gasteiger partial charge on any atom is 0.0791 e. The Bertz CT molecular complexity index is 120. The zero-order valence-electron chi connectivity index (χ0n) is 4.96. The fraction of sp³-hybridized carbons (Fsp3) is 0.143. The van der Waals surface area contributed by atoms with Crippen LogP contribution in [0.2, 0.25) is 0 Å². The summed E-state index contributed by atoms with van der Waals surface area (Å²) in [7, 11) is 0. The van der Waals surface area contributed by atoms with Gasteiger partial charge in [-0.05, 0) is 13.0 Å². The van der Waals surface area contributed by atoms with Crippen LogP contribution in [-0.4, -0.2) is 5.11 Å². The number of allylic oxidation sites excluding steroid dienone is 4. The second kappa shape index (κ2) is 4.19. The van der Waals surface area contributed by atoms with Gasteiger partial charge in [-0.2, -0.15) is 0 Å². The Morgan fingerprint density at radius 2 is 2.25 bits per heavy atom. The van der Waals surface area contributed by atoms with Crippen molar-refractivity contribution in [2.75, 3.05) is 0 Å². The maximum absolute atomic E-state index is 8.15. The Balaban J connectivity index is 3.74. The van der Waals surface area contributed by atoms with Crippen molar-refractivity contribution in [3.8, 4) is 0 Å². The fourth-order valence-electron chi connectivity index (χ4n) is 0.263. The van der Waals surface area contributed by atoms with Crippen molar-refractivity contribution in [3.05, 3.63) is 36.6 Å². The standard InChI is InChI=1S/C7H10O/c1-3-7(2)5-4-6-8/h3-6,8H,1H2,2H3/b6-4+,7-5-. The van der Waals surface area contributed by atoms with Gasteiger partial charge in [-0.1, -0.05) is 24.3 Å². The van der Waals surface area contributed by atoms with Gasteiger partial charge in [-0.25, -0.2) is 0 Å². The molecular formula is C7H10O. The summed E-state index contributed by atoms with van der Waals surface area (Å²) >= 11 is 0. The zero-order chi connectivity index (χ0) is 6.41. The van der Waals surface area contributed by atoms with E-state index in [-0.39, 0.29) is 0 Å². The third kappa shape index (κ3) is 3.22. The topological polar surface area (TPSA) is 20.2 Å². The number of aliphatic hydroxyl groups excluding tert-OH is 1. The van der Waals surface area contributed by atoms with Crippen LogP contribution in [0.5, 0.6) is 0 Å². The molecule has 44 valence electrons. The van der Waals surface area contributed by atoms with Crippen molar-refractivity contribution >= 4 is 0 Å². The van der Waals surface area contributed by atoms with Crippen LogP contribution >= 0.6 is 0 Å². The molecule has 0 aliphatic carbocycles. The van der Waals surface area contributed by atoms with Crippen molar-refractivity contribution in [2.45, 2.75) is 6.92 Å². The van der Waals surface area contributed by atoms with Gasteiger partial charge in [0, 0.05) is 0 Å². The monoisotopic (exact) mass is 110 g/mol. The van der Waals surface area contributed by atoms with Gasteiger partial charge >= 0.3 is 0 Å². The Labute approximate surface area is 49.7 Å². The highest BCUT2D eigenvalue weighted by atomic mass is 16.2. The molecule has 0 bridgehead atoms. The van der Waals surface area contributed by atoms with Crippen molar-refractivity contribution in [1.82, 2.24) is 0 Å². The summed E-state index contributed by atoms with van der Waals surface area (Å²) < 4.78 is 0. The molecule has 0 spiro atoms. The van der Waals surface area contributed by atoms with E-state index in [0.717, 1.165) is 11.8 Å². The predicted octanol–water partition coefficient (Wildman–Crippen LogP) is 2.19. The molecule has 8 heavy (non-hydrogen) atoms. The summed E-state index contributed by atoms with van der Waals surface area (Å²) in [5.74, 6) is 0. The normalized spacial score (nSPS) is 12.4. The van der Waals surface area contributed by atoms with Crippen LogP contribution in [0.15, 0.2) is 36.6 Å². The molecule has 0 heterocycles. The molecule has 0 aromatic rings. The van der Waals surface area contributed by atoms with Crippen molar-refractivity contribution in [2.24, 2.45) is 0 Å². The number of hydrogen-bond donors (Lipinski definition) is 1. The molecule has 1 N–H and O–H groups in total. The van der Waals surface area contributed by atoms with Crippen molar-refractivity contribution in [1.29, 1.82) is 0 Å². The van der Waals surface area contributed by atoms with Gasteiger partial charge in [0.1, 0.15) is 0 Å². The maximum atomic E-state index is 8.15. The summed E-state index contributed by atoms with van der Waals surface area (Å²) in [6.07, 6.45) is 6.04. The third-order valence-electron chi connectivity index (χ3n) is 0.767. The lowest BCUT2D eigenvalue weighted by Crippen LogP contribution is -1.61. The molecule has 0 aromatic heterocycles. The van der Waals surface area contributed by atoms with E-state index in [9.17, 15) is 0 Å². The van der Waals surface area contributed by atoms with Gasteiger partial charge in [0.15, 0.2) is 0 Å². The summed E-state index contributed by atoms with van der Waals surface area (Å²) in [6.45, 7) is 5.44. The van der Waals surface area contributed by atoms with E-state index in [1.54, 1.807) is 18.2 Å². The van der Waals surface area contributed by atoms with E-state index < -0.39 is 0 Å². The SMILES string of the molecule is C=C/C(C)=C\C=C\O. The van der Waals surface area contributed by atoms with Crippen LogP contribution in [0.4, 0.5) is 0 Å². The third-order valence-corrected chi connectivity index (χ3v) is 0.767. The molecule has 1 nitrogen and oxygen atoms in total. The largest absolute Gasteiger partial charge is 0.516 e. The van der Waals surface area contributed by atoms with Gasteiger partial charge in [-0.3, -0.25) is 0 Å². The molecule has 0 saturated carbocycles. The number of hydrogen-bond acceptors (Lipinski definition) is 1. The summed E-state index contributed by atoms with van der Waals surface area (Å²) in [5.41, 5.74) is 1.04. The summed E-state index contributed by atoms with van der Waals surface area (Å²) in [5, 5.41) is 8.15. The van der Waals surface area contributed by atoms with E-state index in [1.807, 2.05) is 6.92 Å². The highest BCUT2D eigenvalue weighted by Crippen LogP contribution is 1.91. The first-order valence-corrected chi connectivity index (χ1v) is 2.41. The van der Waals surface area contributed by atoms with Crippen LogP contribution in [0, 0.1) is 0 Å². The van der Waals surface area contributed by atoms with Crippen LogP contribution in [-0.2, 0) is 0 Å². The fourth-order valence-corrected chi connectivity index (χ4v) is 0.263. The first-order valence-electron chi connectivity index (χ1n) is 2.41. The lowest BCUT2D eigenvalue weighted by atomic mass is 10.3. The van der Waals surface area contributed by atoms with Gasteiger partial charge in [0.25, 0.3) is 0 Å². The molecule has 0 unspecified atom stereocenters. The summed E-state index contributed by atoms with van der Waals surface area (Å²) in [6, 6.07) is 0. The smallest absolute Gasteiger partial charge is 0.0791 e. The number of rotatable bonds is 2. The van der Waals surface area contributed by atoms with E-state index in [4.69, 9.17) is 5.11 Å². The molecule has 1 heteroatoms. The zero-order valence-corrected chi connectivity index (χ0v) is 4.96. The minimum absolute atomic E-state index is 0.993. The lowest BCUT2D eigenvalue weighted by molar-refractivity contribution is 0.473. The van der Waals surface area contributed by atoms with Gasteiger partial charge in [0.05, 0.1) is 6.26 Å². The minimum atomic E-state index is 0.993. The predicted molar refractivity (Wildman–Crippen MR) is 35.7 cm³/mol. The molecule has 0 saturated heterocycles. The molecule has 0 fully saturated rings. The van der Waals surface area contributed by atoms with E-state index in [0.29, 0.717) is 0 Å². The Kier molecular flexibility index (Phi) is 3.67. The average Bonchev–Trinajstić information content (AvgIpc) is 1.83. The molecular weight excluding hydrogens is 100 g/mol. The first-order chi connectivity index (χ1) is 3.81. The molecule has 0 atom stereocenters. The molecule has 0 aliphatic heterocycles. The Morgan fingerprint density at radius 3 is 2.62 bits per heavy atom. The van der Waals surface area contributed by atoms with Crippen LogP contribution in [0.3, 0.4) is 0 Å². The molecule has 0 rings (SSSR count). The highest BCUT2D eigenvalue weighted by Gasteiger charge is 1.70.